The molecule has 0 radical (unpaired) electrons. The molecule has 0 saturated carbocycles. The summed E-state index contributed by atoms with van der Waals surface area (Å²) in [5.41, 5.74) is 23.2. The Kier molecular flexibility index (Phi) is 16.4. The van der Waals surface area contributed by atoms with Gasteiger partial charge in [0.15, 0.2) is 36.1 Å². The number of amides is 6. The molecule has 0 unspecified atom stereocenters. The second-order valence-corrected chi connectivity index (χ2v) is 12.5. The third kappa shape index (κ3) is 11.6. The van der Waals surface area contributed by atoms with Crippen molar-refractivity contribution in [1.82, 2.24) is 30.6 Å². The lowest BCUT2D eigenvalue weighted by Crippen LogP contribution is -2.44. The predicted octanol–water partition coefficient (Wildman–Crippen LogP) is -3.49. The van der Waals surface area contributed by atoms with Gasteiger partial charge in [0.05, 0.1) is 14.1 Å². The average molecular weight is 743 g/mol. The van der Waals surface area contributed by atoms with E-state index in [2.05, 4.69) is 31.9 Å². The Morgan fingerprint density at radius 2 is 1.10 bits per heavy atom. The number of urea groups is 2. The maximum absolute atomic E-state index is 12.1. The summed E-state index contributed by atoms with van der Waals surface area (Å²) in [5.74, 6) is -2.50. The van der Waals surface area contributed by atoms with Gasteiger partial charge in [0, 0.05) is 48.8 Å². The summed E-state index contributed by atoms with van der Waals surface area (Å²) in [7, 11) is 5.44. The van der Waals surface area contributed by atoms with Gasteiger partial charge in [-0.1, -0.05) is 21.6 Å². The fraction of sp³-hybridized carbons (Fsp3) is 0.385. The molecule has 2 rings (SSSR count). The molecule has 50 heavy (non-hydrogen) atoms. The van der Waals surface area contributed by atoms with Crippen LogP contribution in [0.4, 0.5) is 32.6 Å². The number of carbonyl (C=O) groups excluding carboxylic acids is 4. The van der Waals surface area contributed by atoms with Crippen LogP contribution < -0.4 is 64.2 Å². The van der Waals surface area contributed by atoms with E-state index >= 15 is 0 Å². The van der Waals surface area contributed by atoms with E-state index in [-0.39, 0.29) is 97.8 Å². The number of anilines is 4. The molecule has 22 nitrogen and oxygen atoms in total. The van der Waals surface area contributed by atoms with Crippen molar-refractivity contribution in [3.8, 4) is 0 Å². The second kappa shape index (κ2) is 20.1. The molecular formula is C26H42N14O8S2+2. The fourth-order valence-electron chi connectivity index (χ4n) is 4.19. The van der Waals surface area contributed by atoms with E-state index in [1.807, 2.05) is 0 Å². The summed E-state index contributed by atoms with van der Waals surface area (Å²) < 4.78 is 5.97. The van der Waals surface area contributed by atoms with Gasteiger partial charge in [-0.2, -0.15) is 0 Å². The topological polar surface area (TPSA) is 337 Å². The smallest absolute Gasteiger partial charge is 0.352 e. The molecule has 0 aliphatic rings. The quantitative estimate of drug-likeness (QED) is 0.0194. The van der Waals surface area contributed by atoms with Crippen molar-refractivity contribution in [3.63, 3.8) is 0 Å². The second-order valence-electron chi connectivity index (χ2n) is 10.1. The maximum Gasteiger partial charge on any atom is 0.352 e. The van der Waals surface area contributed by atoms with Crippen LogP contribution in [0.3, 0.4) is 0 Å². The van der Waals surface area contributed by atoms with E-state index in [1.165, 1.54) is 31.1 Å². The number of nitrogens with one attached hydrogen (secondary N) is 6. The van der Waals surface area contributed by atoms with Crippen LogP contribution in [0.1, 0.15) is 0 Å². The van der Waals surface area contributed by atoms with Crippen molar-refractivity contribution >= 4 is 81.4 Å². The van der Waals surface area contributed by atoms with Crippen LogP contribution in [0.2, 0.25) is 0 Å². The zero-order chi connectivity index (χ0) is 37.4. The molecule has 16 N–H and O–H groups in total. The van der Waals surface area contributed by atoms with E-state index in [1.54, 1.807) is 14.1 Å². The monoisotopic (exact) mass is 742 g/mol. The number of carboxylic acid groups (broad SMARTS) is 2. The molecular weight excluding hydrogens is 701 g/mol. The lowest BCUT2D eigenvalue weighted by Gasteiger charge is -2.11. The van der Waals surface area contributed by atoms with Crippen LogP contribution >= 0.6 is 21.6 Å². The van der Waals surface area contributed by atoms with Crippen LogP contribution in [0.15, 0.2) is 34.9 Å². The Morgan fingerprint density at radius 1 is 0.740 bits per heavy atom. The maximum atomic E-state index is 12.1. The summed E-state index contributed by atoms with van der Waals surface area (Å²) in [6, 6.07) is -1.11. The van der Waals surface area contributed by atoms with Crippen molar-refractivity contribution in [1.29, 1.82) is 0 Å². The van der Waals surface area contributed by atoms with Crippen molar-refractivity contribution < 1.29 is 48.3 Å². The summed E-state index contributed by atoms with van der Waals surface area (Å²) in [6.45, 7) is 0.706. The molecule has 0 atom stereocenters. The molecule has 24 heteroatoms. The minimum atomic E-state index is -1.41. The summed E-state index contributed by atoms with van der Waals surface area (Å²) in [4.78, 5) is 71.1. The van der Waals surface area contributed by atoms with Crippen LogP contribution in [0.5, 0.6) is 0 Å². The Morgan fingerprint density at radius 3 is 1.40 bits per heavy atom. The van der Waals surface area contributed by atoms with Gasteiger partial charge < -0.3 is 54.4 Å². The number of nitrogens with zero attached hydrogens (tertiary/aromatic N) is 4. The molecule has 0 aromatic carbocycles. The summed E-state index contributed by atoms with van der Waals surface area (Å²) in [5, 5.41) is 34.4. The molecule has 0 bridgehead atoms. The normalized spacial score (nSPS) is 11.8. The molecule has 0 spiro atoms. The van der Waals surface area contributed by atoms with E-state index in [4.69, 9.17) is 22.9 Å². The first kappa shape index (κ1) is 40.7. The SMILES string of the molecule is Cn1c(N)c(NC(=O)NCCN)c[n+]1C/C(CSSC/C(C[n+]1cc(NC(=O)NCCN)c(N)n1C)=C(\NC=O)C(=O)O)=C(/NC=O)C(=O)O. The van der Waals surface area contributed by atoms with Crippen molar-refractivity contribution in [2.45, 2.75) is 13.1 Å². The third-order valence-electron chi connectivity index (χ3n) is 6.73. The molecule has 0 aliphatic carbocycles. The van der Waals surface area contributed by atoms with Crippen molar-refractivity contribution in [3.05, 3.63) is 34.9 Å². The lowest BCUT2D eigenvalue weighted by atomic mass is 10.2. The number of aromatic nitrogens is 4. The van der Waals surface area contributed by atoms with Gasteiger partial charge >= 0.3 is 24.0 Å². The zero-order valence-electron chi connectivity index (χ0n) is 27.2. The summed E-state index contributed by atoms with van der Waals surface area (Å²) >= 11 is 0. The van der Waals surface area contributed by atoms with E-state index in [0.29, 0.717) is 0 Å². The highest BCUT2D eigenvalue weighted by atomic mass is 33.1. The highest BCUT2D eigenvalue weighted by Gasteiger charge is 2.26. The Balaban J connectivity index is 2.34. The van der Waals surface area contributed by atoms with Crippen LogP contribution in [-0.4, -0.2) is 94.1 Å². The van der Waals surface area contributed by atoms with Gasteiger partial charge in [-0.3, -0.25) is 20.2 Å². The van der Waals surface area contributed by atoms with Crippen molar-refractivity contribution in [2.75, 3.05) is 59.8 Å². The fourth-order valence-corrected chi connectivity index (χ4v) is 6.46. The number of nitrogens with two attached hydrogens (primary N) is 4. The molecule has 2 aromatic rings. The van der Waals surface area contributed by atoms with Crippen LogP contribution in [-0.2, 0) is 46.4 Å². The summed E-state index contributed by atoms with van der Waals surface area (Å²) in [6.07, 6.45) is 3.40. The number of rotatable bonds is 21. The highest BCUT2D eigenvalue weighted by molar-refractivity contribution is 8.76. The first-order valence-electron chi connectivity index (χ1n) is 14.5. The zero-order valence-corrected chi connectivity index (χ0v) is 28.9. The number of hydrogen-bond donors (Lipinski definition) is 12. The average Bonchev–Trinajstić information content (AvgIpc) is 3.48. The molecule has 2 aromatic heterocycles. The number of carboxylic acids is 2. The van der Waals surface area contributed by atoms with Gasteiger partial charge in [0.25, 0.3) is 0 Å². The first-order valence-corrected chi connectivity index (χ1v) is 17.0. The lowest BCUT2D eigenvalue weighted by molar-refractivity contribution is -0.765. The number of aliphatic carboxylic acids is 2. The Bertz CT molecular complexity index is 1520. The predicted molar refractivity (Wildman–Crippen MR) is 185 cm³/mol. The number of hydrogen-bond acceptors (Lipinski definition) is 12. The van der Waals surface area contributed by atoms with Crippen LogP contribution in [0.25, 0.3) is 0 Å². The van der Waals surface area contributed by atoms with Gasteiger partial charge in [-0.25, -0.2) is 19.2 Å². The third-order valence-corrected chi connectivity index (χ3v) is 9.04. The standard InChI is InChI=1S/C26H40N14O8S2/c1-37-21(29)17(35-25(47)31-5-3-27)9-39(37)7-15(19(23(43)44)33-13-41)11-49-50-12-16(20(24(45)46)34-14-42)8-40-10-18(22(30)38(40)2)36-26(48)32-6-4-28/h9-10,13-14,29-30H,3-8,11-12,27-28H2,1-2H3,(H8,31,32,33,34,35,36,41,42,43,44,45,46,47,48)/p+2/b19-15-,20-16-. The van der Waals surface area contributed by atoms with Gasteiger partial charge in [0.2, 0.25) is 25.2 Å². The van der Waals surface area contributed by atoms with Gasteiger partial charge in [-0.15, -0.1) is 18.7 Å². The van der Waals surface area contributed by atoms with Gasteiger partial charge in [0.1, 0.15) is 11.4 Å². The van der Waals surface area contributed by atoms with E-state index in [0.717, 1.165) is 21.6 Å². The highest BCUT2D eigenvalue weighted by Crippen LogP contribution is 2.28. The molecule has 0 aliphatic heterocycles. The Hall–Kier alpha value is -5.46. The molecule has 0 saturated heterocycles. The first-order chi connectivity index (χ1) is 23.8. The largest absolute Gasteiger partial charge is 0.477 e. The van der Waals surface area contributed by atoms with E-state index in [9.17, 15) is 39.0 Å². The Labute approximate surface area is 293 Å². The van der Waals surface area contributed by atoms with Crippen molar-refractivity contribution in [2.24, 2.45) is 25.6 Å². The number of nitrogen functional groups attached to an aromatic ring is 2. The molecule has 6 amide bonds. The molecule has 274 valence electrons. The minimum Gasteiger partial charge on any atom is -0.477 e. The van der Waals surface area contributed by atoms with Gasteiger partial charge in [-0.05, 0) is 0 Å². The molecule has 0 fully saturated rings. The number of carbonyl (C=O) groups is 6. The van der Waals surface area contributed by atoms with Crippen LogP contribution in [0, 0.1) is 0 Å². The minimum absolute atomic E-state index is 0.0119. The van der Waals surface area contributed by atoms with E-state index < -0.39 is 35.4 Å². The molecule has 2 heterocycles.